The molecule has 0 radical (unpaired) electrons. The minimum Gasteiger partial charge on any atom is -0.464 e. The number of carbonyl (C=O) groups excluding carboxylic acids is 3. The summed E-state index contributed by atoms with van der Waals surface area (Å²) in [5, 5.41) is 0. The second-order valence-corrected chi connectivity index (χ2v) is 7.13. The quantitative estimate of drug-likeness (QED) is 0.576. The molecular formula is C20H30N2O4. The molecule has 0 saturated heterocycles. The smallest absolute Gasteiger partial charge is 0.354 e. The van der Waals surface area contributed by atoms with Crippen LogP contribution in [0.15, 0.2) is 0 Å². The molecule has 0 bridgehead atoms. The van der Waals surface area contributed by atoms with Gasteiger partial charge in [-0.15, -0.1) is 0 Å². The zero-order valence-corrected chi connectivity index (χ0v) is 16.7. The fraction of sp³-hybridized carbons (Fsp3) is 0.650. The number of hydrogen-bond acceptors (Lipinski definition) is 4. The van der Waals surface area contributed by atoms with Crippen LogP contribution in [0.5, 0.6) is 0 Å². The van der Waals surface area contributed by atoms with E-state index < -0.39 is 12.0 Å². The number of hydrogen-bond donors (Lipinski definition) is 0. The number of rotatable bonds is 6. The average molecular weight is 362 g/mol. The summed E-state index contributed by atoms with van der Waals surface area (Å²) in [7, 11) is 3.07. The largest absolute Gasteiger partial charge is 0.464 e. The SMILES string of the molecule is CCN(C(=O)C1CCCC1)C(C)C(=O)c1c(C)c(C(=O)OC)n(C)c1C. The molecule has 1 aliphatic rings. The first-order chi connectivity index (χ1) is 12.3. The molecule has 1 saturated carbocycles. The molecule has 144 valence electrons. The minimum absolute atomic E-state index is 0.0359. The monoisotopic (exact) mass is 362 g/mol. The number of aromatic nitrogens is 1. The summed E-state index contributed by atoms with van der Waals surface area (Å²) in [6.45, 7) is 7.75. The highest BCUT2D eigenvalue weighted by Gasteiger charge is 2.34. The molecule has 1 unspecified atom stereocenters. The molecule has 6 nitrogen and oxygen atoms in total. The van der Waals surface area contributed by atoms with Crippen LogP contribution in [0.3, 0.4) is 0 Å². The van der Waals surface area contributed by atoms with Gasteiger partial charge in [0.25, 0.3) is 0 Å². The Morgan fingerprint density at radius 2 is 1.81 bits per heavy atom. The number of ether oxygens (including phenoxy) is 1. The van der Waals surface area contributed by atoms with Gasteiger partial charge in [0.2, 0.25) is 5.91 Å². The molecule has 0 aromatic carbocycles. The van der Waals surface area contributed by atoms with E-state index in [2.05, 4.69) is 0 Å². The van der Waals surface area contributed by atoms with Crippen LogP contribution < -0.4 is 0 Å². The standard InChI is InChI=1S/C20H30N2O4/c1-7-22(19(24)15-10-8-9-11-15)14(4)18(23)16-12(2)17(20(25)26-6)21(5)13(16)3/h14-15H,7-11H2,1-6H3. The van der Waals surface area contributed by atoms with Crippen LogP contribution in [-0.2, 0) is 16.6 Å². The van der Waals surface area contributed by atoms with Crippen LogP contribution in [-0.4, -0.2) is 46.8 Å². The molecule has 1 heterocycles. The van der Waals surface area contributed by atoms with Crippen molar-refractivity contribution in [2.75, 3.05) is 13.7 Å². The molecule has 1 atom stereocenters. The number of ketones is 1. The van der Waals surface area contributed by atoms with Gasteiger partial charge in [-0.1, -0.05) is 12.8 Å². The number of esters is 1. The van der Waals surface area contributed by atoms with E-state index in [1.54, 1.807) is 30.4 Å². The lowest BCUT2D eigenvalue weighted by molar-refractivity contribution is -0.136. The maximum absolute atomic E-state index is 13.2. The molecule has 1 amide bonds. The van der Waals surface area contributed by atoms with Crippen molar-refractivity contribution in [1.82, 2.24) is 9.47 Å². The summed E-state index contributed by atoms with van der Waals surface area (Å²) in [5.41, 5.74) is 2.21. The molecule has 0 N–H and O–H groups in total. The van der Waals surface area contributed by atoms with Crippen LogP contribution in [0.25, 0.3) is 0 Å². The number of amides is 1. The number of carbonyl (C=O) groups is 3. The van der Waals surface area contributed by atoms with Gasteiger partial charge in [-0.2, -0.15) is 0 Å². The third kappa shape index (κ3) is 3.41. The van der Waals surface area contributed by atoms with Crippen molar-refractivity contribution in [2.24, 2.45) is 13.0 Å². The van der Waals surface area contributed by atoms with Crippen LogP contribution in [0, 0.1) is 19.8 Å². The van der Waals surface area contributed by atoms with Gasteiger partial charge >= 0.3 is 5.97 Å². The van der Waals surface area contributed by atoms with E-state index >= 15 is 0 Å². The van der Waals surface area contributed by atoms with Gasteiger partial charge in [0.15, 0.2) is 5.78 Å². The first kappa shape index (κ1) is 20.2. The van der Waals surface area contributed by atoms with E-state index in [9.17, 15) is 14.4 Å². The molecule has 1 aromatic rings. The number of Topliss-reactive ketones (excluding diaryl/α,β-unsaturated/α-hetero) is 1. The Morgan fingerprint density at radius 3 is 2.31 bits per heavy atom. The third-order valence-corrected chi connectivity index (χ3v) is 5.73. The Bertz CT molecular complexity index is 714. The van der Waals surface area contributed by atoms with Crippen molar-refractivity contribution in [2.45, 2.75) is 59.4 Å². The van der Waals surface area contributed by atoms with Crippen LogP contribution in [0.1, 0.15) is 71.6 Å². The highest BCUT2D eigenvalue weighted by Crippen LogP contribution is 2.29. The number of likely N-dealkylation sites (N-methyl/N-ethyl adjacent to an activating group) is 1. The lowest BCUT2D eigenvalue weighted by atomic mass is 9.98. The van der Waals surface area contributed by atoms with Crippen LogP contribution in [0.2, 0.25) is 0 Å². The first-order valence-corrected chi connectivity index (χ1v) is 9.35. The van der Waals surface area contributed by atoms with Gasteiger partial charge in [0, 0.05) is 30.8 Å². The van der Waals surface area contributed by atoms with Gasteiger partial charge in [-0.3, -0.25) is 9.59 Å². The van der Waals surface area contributed by atoms with Crippen LogP contribution in [0.4, 0.5) is 0 Å². The maximum Gasteiger partial charge on any atom is 0.354 e. The van der Waals surface area contributed by atoms with E-state index in [-0.39, 0.29) is 17.6 Å². The highest BCUT2D eigenvalue weighted by molar-refractivity contribution is 6.06. The van der Waals surface area contributed by atoms with Crippen molar-refractivity contribution in [3.8, 4) is 0 Å². The molecular weight excluding hydrogens is 332 g/mol. The third-order valence-electron chi connectivity index (χ3n) is 5.73. The molecule has 1 aromatic heterocycles. The topological polar surface area (TPSA) is 68.6 Å². The summed E-state index contributed by atoms with van der Waals surface area (Å²) in [5.74, 6) is -0.479. The fourth-order valence-electron chi connectivity index (χ4n) is 4.10. The lowest BCUT2D eigenvalue weighted by Gasteiger charge is -2.29. The van der Waals surface area contributed by atoms with E-state index in [1.807, 2.05) is 13.8 Å². The van der Waals surface area contributed by atoms with Crippen molar-refractivity contribution >= 4 is 17.7 Å². The summed E-state index contributed by atoms with van der Waals surface area (Å²) < 4.78 is 6.54. The number of nitrogens with zero attached hydrogens (tertiary/aromatic N) is 2. The van der Waals surface area contributed by atoms with E-state index in [0.717, 1.165) is 25.7 Å². The normalized spacial score (nSPS) is 15.8. The maximum atomic E-state index is 13.2. The summed E-state index contributed by atoms with van der Waals surface area (Å²) in [6, 6.07) is -0.557. The Morgan fingerprint density at radius 1 is 1.23 bits per heavy atom. The van der Waals surface area contributed by atoms with Gasteiger partial charge in [0.1, 0.15) is 5.69 Å². The van der Waals surface area contributed by atoms with E-state index in [0.29, 0.717) is 29.1 Å². The fourth-order valence-corrected chi connectivity index (χ4v) is 4.10. The summed E-state index contributed by atoms with van der Waals surface area (Å²) in [6.07, 6.45) is 3.98. The zero-order chi connectivity index (χ0) is 19.6. The predicted octanol–water partition coefficient (Wildman–Crippen LogP) is 3.04. The molecule has 1 fully saturated rings. The van der Waals surface area contributed by atoms with Gasteiger partial charge in [0.05, 0.1) is 13.2 Å². The lowest BCUT2D eigenvalue weighted by Crippen LogP contribution is -2.45. The molecule has 0 aliphatic heterocycles. The molecule has 26 heavy (non-hydrogen) atoms. The Labute approximate surface area is 155 Å². The van der Waals surface area contributed by atoms with E-state index in [1.165, 1.54) is 7.11 Å². The Kier molecular flexibility index (Phi) is 6.26. The van der Waals surface area contributed by atoms with Gasteiger partial charge < -0.3 is 14.2 Å². The molecule has 6 heteroatoms. The molecule has 2 rings (SSSR count). The zero-order valence-electron chi connectivity index (χ0n) is 16.7. The van der Waals surface area contributed by atoms with Gasteiger partial charge in [-0.25, -0.2) is 4.79 Å². The van der Waals surface area contributed by atoms with Gasteiger partial charge in [-0.05, 0) is 46.1 Å². The summed E-state index contributed by atoms with van der Waals surface area (Å²) >= 11 is 0. The first-order valence-electron chi connectivity index (χ1n) is 9.35. The van der Waals surface area contributed by atoms with Crippen molar-refractivity contribution in [3.05, 3.63) is 22.5 Å². The Hall–Kier alpha value is -2.11. The highest BCUT2D eigenvalue weighted by atomic mass is 16.5. The Balaban J connectivity index is 2.35. The average Bonchev–Trinajstić information content (AvgIpc) is 3.22. The van der Waals surface area contributed by atoms with Crippen molar-refractivity contribution in [1.29, 1.82) is 0 Å². The molecule has 1 aliphatic carbocycles. The number of methoxy groups -OCH3 is 1. The predicted molar refractivity (Wildman–Crippen MR) is 99.4 cm³/mol. The minimum atomic E-state index is -0.557. The molecule has 0 spiro atoms. The van der Waals surface area contributed by atoms with Crippen LogP contribution >= 0.6 is 0 Å². The van der Waals surface area contributed by atoms with Crippen molar-refractivity contribution < 1.29 is 19.1 Å². The van der Waals surface area contributed by atoms with E-state index in [4.69, 9.17) is 4.74 Å². The van der Waals surface area contributed by atoms with Crippen molar-refractivity contribution in [3.63, 3.8) is 0 Å². The second kappa shape index (κ2) is 8.06. The summed E-state index contributed by atoms with van der Waals surface area (Å²) in [4.78, 5) is 39.8. The second-order valence-electron chi connectivity index (χ2n) is 7.13.